The number of hydrogen-bond donors (Lipinski definition) is 1. The van der Waals surface area contributed by atoms with Gasteiger partial charge in [-0.2, -0.15) is 0 Å². The normalized spacial score (nSPS) is 35.9. The van der Waals surface area contributed by atoms with Gasteiger partial charge in [0.25, 0.3) is 0 Å². The molecule has 3 saturated heterocycles. The number of nitrogens with one attached hydrogen (secondary N) is 1. The summed E-state index contributed by atoms with van der Waals surface area (Å²) in [6.07, 6.45) is 1.92. The average molecular weight is 311 g/mol. The van der Waals surface area contributed by atoms with E-state index in [9.17, 15) is 14.4 Å². The van der Waals surface area contributed by atoms with E-state index >= 15 is 0 Å². The van der Waals surface area contributed by atoms with Gasteiger partial charge in [-0.05, 0) is 19.8 Å². The zero-order valence-corrected chi connectivity index (χ0v) is 13.2. The van der Waals surface area contributed by atoms with E-state index < -0.39 is 12.1 Å². The van der Waals surface area contributed by atoms with Crippen LogP contribution in [-0.2, 0) is 14.4 Å². The largest absolute Gasteiger partial charge is 0.353 e. The topological polar surface area (TPSA) is 69.7 Å². The fourth-order valence-corrected chi connectivity index (χ4v) is 5.00. The van der Waals surface area contributed by atoms with Crippen molar-refractivity contribution in [1.82, 2.24) is 15.1 Å². The van der Waals surface area contributed by atoms with Crippen molar-refractivity contribution in [2.75, 3.05) is 18.8 Å². The molecule has 3 atom stereocenters. The third-order valence-electron chi connectivity index (χ3n) is 4.73. The Kier molecular flexibility index (Phi) is 3.63. The van der Waals surface area contributed by atoms with E-state index in [0.717, 1.165) is 6.42 Å². The van der Waals surface area contributed by atoms with Gasteiger partial charge in [0.05, 0.1) is 4.87 Å². The molecule has 6 nitrogen and oxygen atoms in total. The highest BCUT2D eigenvalue weighted by Crippen LogP contribution is 2.47. The summed E-state index contributed by atoms with van der Waals surface area (Å²) in [6.45, 7) is 4.97. The summed E-state index contributed by atoms with van der Waals surface area (Å²) >= 11 is 1.69. The van der Waals surface area contributed by atoms with Crippen molar-refractivity contribution in [2.45, 2.75) is 50.1 Å². The molecule has 0 spiro atoms. The quantitative estimate of drug-likeness (QED) is 0.790. The first kappa shape index (κ1) is 14.7. The Balaban J connectivity index is 1.82. The molecule has 0 bridgehead atoms. The van der Waals surface area contributed by atoms with Crippen molar-refractivity contribution >= 4 is 29.5 Å². The van der Waals surface area contributed by atoms with E-state index in [1.54, 1.807) is 21.6 Å². The van der Waals surface area contributed by atoms with Gasteiger partial charge in [-0.3, -0.25) is 14.4 Å². The fourth-order valence-electron chi connectivity index (χ4n) is 3.58. The maximum absolute atomic E-state index is 12.9. The summed E-state index contributed by atoms with van der Waals surface area (Å²) < 4.78 is 0. The highest BCUT2D eigenvalue weighted by Gasteiger charge is 2.54. The molecule has 3 fully saturated rings. The van der Waals surface area contributed by atoms with Crippen LogP contribution in [0.5, 0.6) is 0 Å². The molecule has 0 saturated carbocycles. The molecule has 3 rings (SSSR count). The molecule has 0 aromatic carbocycles. The minimum absolute atomic E-state index is 0.0651. The predicted octanol–water partition coefficient (Wildman–Crippen LogP) is 0.177. The van der Waals surface area contributed by atoms with Crippen LogP contribution in [0.4, 0.5) is 0 Å². The number of hydrogen-bond acceptors (Lipinski definition) is 4. The number of fused-ring (bicyclic) bond motifs is 1. The summed E-state index contributed by atoms with van der Waals surface area (Å²) in [4.78, 5) is 40.1. The number of piperazine rings is 1. The van der Waals surface area contributed by atoms with Crippen molar-refractivity contribution in [3.8, 4) is 0 Å². The Labute approximate surface area is 128 Å². The van der Waals surface area contributed by atoms with Crippen LogP contribution in [0.1, 0.15) is 33.1 Å². The Morgan fingerprint density at radius 1 is 1.48 bits per heavy atom. The lowest BCUT2D eigenvalue weighted by Gasteiger charge is -2.38. The second-order valence-electron chi connectivity index (χ2n) is 6.01. The summed E-state index contributed by atoms with van der Waals surface area (Å²) in [5.41, 5.74) is 0. The molecule has 3 heterocycles. The smallest absolute Gasteiger partial charge is 0.247 e. The van der Waals surface area contributed by atoms with E-state index in [0.29, 0.717) is 31.7 Å². The molecular weight excluding hydrogens is 290 g/mol. The van der Waals surface area contributed by atoms with Crippen LogP contribution < -0.4 is 5.32 Å². The molecule has 116 valence electrons. The molecule has 0 aromatic rings. The van der Waals surface area contributed by atoms with E-state index in [2.05, 4.69) is 5.32 Å². The monoisotopic (exact) mass is 311 g/mol. The number of carbonyl (C=O) groups excluding carboxylic acids is 3. The Hall–Kier alpha value is -1.24. The first-order valence-corrected chi connectivity index (χ1v) is 8.51. The van der Waals surface area contributed by atoms with Gasteiger partial charge in [0.1, 0.15) is 12.1 Å². The van der Waals surface area contributed by atoms with Gasteiger partial charge in [0, 0.05) is 25.3 Å². The lowest BCUT2D eigenvalue weighted by molar-refractivity contribution is -0.150. The Morgan fingerprint density at radius 3 is 2.95 bits per heavy atom. The number of nitrogens with zero attached hydrogens (tertiary/aromatic N) is 2. The fraction of sp³-hybridized carbons (Fsp3) is 0.786. The first-order valence-electron chi connectivity index (χ1n) is 7.52. The van der Waals surface area contributed by atoms with Crippen molar-refractivity contribution in [1.29, 1.82) is 0 Å². The van der Waals surface area contributed by atoms with Gasteiger partial charge in [0.15, 0.2) is 0 Å². The lowest BCUT2D eigenvalue weighted by Crippen LogP contribution is -2.61. The summed E-state index contributed by atoms with van der Waals surface area (Å²) in [7, 11) is 0. The van der Waals surface area contributed by atoms with Crippen LogP contribution in [-0.4, -0.2) is 63.3 Å². The van der Waals surface area contributed by atoms with Gasteiger partial charge in [-0.25, -0.2) is 0 Å². The zero-order valence-electron chi connectivity index (χ0n) is 12.4. The van der Waals surface area contributed by atoms with Crippen molar-refractivity contribution in [3.05, 3.63) is 0 Å². The van der Waals surface area contributed by atoms with Gasteiger partial charge in [-0.15, -0.1) is 11.8 Å². The van der Waals surface area contributed by atoms with Crippen molar-refractivity contribution in [2.24, 2.45) is 0 Å². The lowest BCUT2D eigenvalue weighted by atomic mass is 10.1. The maximum atomic E-state index is 12.9. The molecule has 21 heavy (non-hydrogen) atoms. The van der Waals surface area contributed by atoms with Crippen LogP contribution in [0.2, 0.25) is 0 Å². The molecule has 0 aliphatic carbocycles. The Bertz CT molecular complexity index is 498. The summed E-state index contributed by atoms with van der Waals surface area (Å²) in [5, 5.41) is 2.80. The van der Waals surface area contributed by atoms with Crippen molar-refractivity contribution < 1.29 is 14.4 Å². The van der Waals surface area contributed by atoms with Gasteiger partial charge >= 0.3 is 0 Å². The van der Waals surface area contributed by atoms with Crippen LogP contribution in [0.25, 0.3) is 0 Å². The third-order valence-corrected chi connectivity index (χ3v) is 6.24. The average Bonchev–Trinajstić information content (AvgIpc) is 2.95. The van der Waals surface area contributed by atoms with Crippen LogP contribution in [0.3, 0.4) is 0 Å². The summed E-state index contributed by atoms with van der Waals surface area (Å²) in [6, 6.07) is -0.809. The van der Waals surface area contributed by atoms with E-state index in [-0.39, 0.29) is 22.6 Å². The maximum Gasteiger partial charge on any atom is 0.247 e. The number of amides is 3. The van der Waals surface area contributed by atoms with Gasteiger partial charge in [-0.1, -0.05) is 6.92 Å². The van der Waals surface area contributed by atoms with Crippen LogP contribution in [0, 0.1) is 0 Å². The molecule has 0 radical (unpaired) electrons. The first-order chi connectivity index (χ1) is 9.98. The van der Waals surface area contributed by atoms with Crippen LogP contribution >= 0.6 is 11.8 Å². The van der Waals surface area contributed by atoms with Crippen LogP contribution in [0.15, 0.2) is 0 Å². The molecule has 3 aliphatic heterocycles. The second kappa shape index (κ2) is 5.19. The molecule has 3 aliphatic rings. The SMILES string of the molecule is CCC1C(=O)NCCN1C(=O)C1CSC2(C)CCC(=O)N12. The highest BCUT2D eigenvalue weighted by atomic mass is 32.2. The number of carbonyl (C=O) groups is 3. The number of thioether (sulfide) groups is 1. The van der Waals surface area contributed by atoms with Crippen molar-refractivity contribution in [3.63, 3.8) is 0 Å². The van der Waals surface area contributed by atoms with Gasteiger partial charge < -0.3 is 15.1 Å². The predicted molar refractivity (Wildman–Crippen MR) is 79.5 cm³/mol. The number of rotatable bonds is 2. The molecular formula is C14H21N3O3S. The molecule has 3 amide bonds. The minimum atomic E-state index is -0.407. The molecule has 3 unspecified atom stereocenters. The zero-order chi connectivity index (χ0) is 15.2. The third kappa shape index (κ3) is 2.22. The van der Waals surface area contributed by atoms with E-state index in [1.807, 2.05) is 13.8 Å². The van der Waals surface area contributed by atoms with E-state index in [1.165, 1.54) is 0 Å². The second-order valence-corrected chi connectivity index (χ2v) is 7.51. The van der Waals surface area contributed by atoms with E-state index in [4.69, 9.17) is 0 Å². The summed E-state index contributed by atoms with van der Waals surface area (Å²) in [5.74, 6) is 0.548. The highest BCUT2D eigenvalue weighted by molar-refractivity contribution is 8.01. The molecule has 0 aromatic heterocycles. The Morgan fingerprint density at radius 2 is 2.24 bits per heavy atom. The standard InChI is InChI=1S/C14H21N3O3S/c1-3-9-12(19)15-6-7-16(9)13(20)10-8-21-14(2)5-4-11(18)17(10)14/h9-10H,3-8H2,1-2H3,(H,15,19). The molecule has 1 N–H and O–H groups in total. The van der Waals surface area contributed by atoms with Gasteiger partial charge in [0.2, 0.25) is 17.7 Å². The minimum Gasteiger partial charge on any atom is -0.353 e. The molecule has 7 heteroatoms.